The number of guanidine groups is 1. The maximum absolute atomic E-state index is 6.29. The van der Waals surface area contributed by atoms with E-state index in [0.29, 0.717) is 24.7 Å². The smallest absolute Gasteiger partial charge is 0.191 e. The summed E-state index contributed by atoms with van der Waals surface area (Å²) in [5.74, 6) is 0.704. The predicted molar refractivity (Wildman–Crippen MR) is 107 cm³/mol. The van der Waals surface area contributed by atoms with Gasteiger partial charge in [0.1, 0.15) is 0 Å². The Balaban J connectivity index is 1.64. The SMILES string of the molecule is CC1CN(Cc2ccccc2CN=C(N)N2CCCCCC2)CC(C)O1. The van der Waals surface area contributed by atoms with Gasteiger partial charge in [0.05, 0.1) is 18.8 Å². The average molecular weight is 359 g/mol. The van der Waals surface area contributed by atoms with Crippen LogP contribution in [0.25, 0.3) is 0 Å². The molecule has 0 spiro atoms. The number of aliphatic imine (C=N–C) groups is 1. The average Bonchev–Trinajstić information content (AvgIpc) is 2.89. The number of hydrogen-bond donors (Lipinski definition) is 1. The van der Waals surface area contributed by atoms with E-state index in [1.807, 2.05) is 0 Å². The van der Waals surface area contributed by atoms with Gasteiger partial charge in [0.2, 0.25) is 0 Å². The molecule has 2 heterocycles. The van der Waals surface area contributed by atoms with Crippen LogP contribution in [0.4, 0.5) is 0 Å². The van der Waals surface area contributed by atoms with Crippen LogP contribution in [0.5, 0.6) is 0 Å². The van der Waals surface area contributed by atoms with E-state index in [-0.39, 0.29) is 0 Å². The van der Waals surface area contributed by atoms with Gasteiger partial charge in [-0.1, -0.05) is 37.1 Å². The number of nitrogens with zero attached hydrogens (tertiary/aromatic N) is 3. The molecule has 5 heteroatoms. The maximum atomic E-state index is 6.29. The number of ether oxygens (including phenoxy) is 1. The van der Waals surface area contributed by atoms with E-state index in [1.165, 1.54) is 36.8 Å². The zero-order chi connectivity index (χ0) is 18.4. The fraction of sp³-hybridized carbons (Fsp3) is 0.667. The number of rotatable bonds is 4. The van der Waals surface area contributed by atoms with Gasteiger partial charge in [-0.3, -0.25) is 4.90 Å². The molecule has 0 amide bonds. The molecule has 2 aliphatic heterocycles. The van der Waals surface area contributed by atoms with E-state index in [1.54, 1.807) is 0 Å². The highest BCUT2D eigenvalue weighted by Crippen LogP contribution is 2.18. The zero-order valence-electron chi connectivity index (χ0n) is 16.4. The van der Waals surface area contributed by atoms with Crippen LogP contribution in [0, 0.1) is 0 Å². The number of benzene rings is 1. The van der Waals surface area contributed by atoms with Crippen LogP contribution in [0.15, 0.2) is 29.3 Å². The summed E-state index contributed by atoms with van der Waals surface area (Å²) in [6, 6.07) is 8.62. The van der Waals surface area contributed by atoms with Crippen LogP contribution in [0.2, 0.25) is 0 Å². The van der Waals surface area contributed by atoms with Crippen molar-refractivity contribution in [3.63, 3.8) is 0 Å². The first-order chi connectivity index (χ1) is 12.6. The van der Waals surface area contributed by atoms with Crippen LogP contribution < -0.4 is 5.73 Å². The van der Waals surface area contributed by atoms with Gasteiger partial charge in [0.25, 0.3) is 0 Å². The Morgan fingerprint density at radius 3 is 2.31 bits per heavy atom. The lowest BCUT2D eigenvalue weighted by Gasteiger charge is -2.35. The van der Waals surface area contributed by atoms with E-state index in [0.717, 1.165) is 32.7 Å². The lowest BCUT2D eigenvalue weighted by molar-refractivity contribution is -0.0705. The topological polar surface area (TPSA) is 54.1 Å². The summed E-state index contributed by atoms with van der Waals surface area (Å²) in [5, 5.41) is 0. The van der Waals surface area contributed by atoms with Gasteiger partial charge in [-0.05, 0) is 37.8 Å². The normalized spacial score (nSPS) is 25.9. The van der Waals surface area contributed by atoms with Crippen molar-refractivity contribution in [2.75, 3.05) is 26.2 Å². The van der Waals surface area contributed by atoms with Crippen molar-refractivity contribution in [1.82, 2.24) is 9.80 Å². The molecular weight excluding hydrogens is 324 g/mol. The molecule has 0 radical (unpaired) electrons. The highest BCUT2D eigenvalue weighted by atomic mass is 16.5. The Kier molecular flexibility index (Phi) is 6.92. The summed E-state index contributed by atoms with van der Waals surface area (Å²) >= 11 is 0. The molecule has 0 saturated carbocycles. The molecule has 5 nitrogen and oxygen atoms in total. The fourth-order valence-electron chi connectivity index (χ4n) is 4.09. The maximum Gasteiger partial charge on any atom is 0.191 e. The molecule has 1 aromatic carbocycles. The van der Waals surface area contributed by atoms with Crippen LogP contribution in [0.3, 0.4) is 0 Å². The van der Waals surface area contributed by atoms with Crippen molar-refractivity contribution in [2.45, 2.75) is 64.8 Å². The van der Waals surface area contributed by atoms with Gasteiger partial charge < -0.3 is 15.4 Å². The lowest BCUT2D eigenvalue weighted by Crippen LogP contribution is -2.44. The van der Waals surface area contributed by atoms with Crippen LogP contribution in [0.1, 0.15) is 50.7 Å². The molecule has 2 fully saturated rings. The Morgan fingerprint density at radius 1 is 1.04 bits per heavy atom. The first-order valence-electron chi connectivity index (χ1n) is 10.1. The molecule has 2 aliphatic rings. The minimum atomic E-state index is 0.294. The lowest BCUT2D eigenvalue weighted by atomic mass is 10.1. The summed E-state index contributed by atoms with van der Waals surface area (Å²) in [6.07, 6.45) is 5.65. The van der Waals surface area contributed by atoms with E-state index < -0.39 is 0 Å². The largest absolute Gasteiger partial charge is 0.373 e. The Hall–Kier alpha value is -1.59. The monoisotopic (exact) mass is 358 g/mol. The standard InChI is InChI=1S/C21H34N4O/c1-17-14-24(15-18(2)26-17)16-20-10-6-5-9-19(20)13-23-21(22)25-11-7-3-4-8-12-25/h5-6,9-10,17-18H,3-4,7-8,11-16H2,1-2H3,(H2,22,23). The van der Waals surface area contributed by atoms with Gasteiger partial charge in [-0.25, -0.2) is 4.99 Å². The molecule has 2 N–H and O–H groups in total. The minimum absolute atomic E-state index is 0.294. The third-order valence-corrected chi connectivity index (χ3v) is 5.35. The van der Waals surface area contributed by atoms with E-state index in [2.05, 4.69) is 47.9 Å². The highest BCUT2D eigenvalue weighted by Gasteiger charge is 2.22. The summed E-state index contributed by atoms with van der Waals surface area (Å²) in [6.45, 7) is 9.97. The quantitative estimate of drug-likeness (QED) is 0.664. The van der Waals surface area contributed by atoms with Crippen molar-refractivity contribution >= 4 is 5.96 Å². The number of morpholine rings is 1. The Labute approximate surface area is 158 Å². The van der Waals surface area contributed by atoms with E-state index >= 15 is 0 Å². The molecular formula is C21H34N4O. The molecule has 2 atom stereocenters. The molecule has 3 rings (SSSR count). The van der Waals surface area contributed by atoms with E-state index in [4.69, 9.17) is 15.5 Å². The molecule has 2 saturated heterocycles. The summed E-state index contributed by atoms with van der Waals surface area (Å²) in [7, 11) is 0. The molecule has 0 bridgehead atoms. The van der Waals surface area contributed by atoms with E-state index in [9.17, 15) is 0 Å². The van der Waals surface area contributed by atoms with Crippen molar-refractivity contribution in [2.24, 2.45) is 10.7 Å². The second-order valence-electron chi connectivity index (χ2n) is 7.80. The van der Waals surface area contributed by atoms with Crippen molar-refractivity contribution in [1.29, 1.82) is 0 Å². The summed E-state index contributed by atoms with van der Waals surface area (Å²) < 4.78 is 5.86. The summed E-state index contributed by atoms with van der Waals surface area (Å²) in [4.78, 5) is 9.46. The van der Waals surface area contributed by atoms with Gasteiger partial charge in [-0.15, -0.1) is 0 Å². The van der Waals surface area contributed by atoms with Gasteiger partial charge >= 0.3 is 0 Å². The van der Waals surface area contributed by atoms with Crippen LogP contribution in [-0.2, 0) is 17.8 Å². The molecule has 0 aliphatic carbocycles. The highest BCUT2D eigenvalue weighted by molar-refractivity contribution is 5.78. The minimum Gasteiger partial charge on any atom is -0.373 e. The molecule has 0 aromatic heterocycles. The third kappa shape index (κ3) is 5.45. The van der Waals surface area contributed by atoms with Crippen molar-refractivity contribution < 1.29 is 4.74 Å². The van der Waals surface area contributed by atoms with Crippen LogP contribution >= 0.6 is 0 Å². The first-order valence-corrected chi connectivity index (χ1v) is 10.1. The zero-order valence-corrected chi connectivity index (χ0v) is 16.4. The Bertz CT molecular complexity index is 585. The van der Waals surface area contributed by atoms with Crippen LogP contribution in [-0.4, -0.2) is 54.1 Å². The first kappa shape index (κ1) is 19.2. The van der Waals surface area contributed by atoms with Gasteiger partial charge in [-0.2, -0.15) is 0 Å². The predicted octanol–water partition coefficient (Wildman–Crippen LogP) is 2.99. The van der Waals surface area contributed by atoms with Crippen molar-refractivity contribution in [3.05, 3.63) is 35.4 Å². The van der Waals surface area contributed by atoms with Gasteiger partial charge in [0.15, 0.2) is 5.96 Å². The number of nitrogens with two attached hydrogens (primary N) is 1. The number of likely N-dealkylation sites (tertiary alicyclic amines) is 1. The van der Waals surface area contributed by atoms with Crippen molar-refractivity contribution in [3.8, 4) is 0 Å². The summed E-state index contributed by atoms with van der Waals surface area (Å²) in [5.41, 5.74) is 8.91. The molecule has 2 unspecified atom stereocenters. The fourth-order valence-corrected chi connectivity index (χ4v) is 4.09. The number of hydrogen-bond acceptors (Lipinski definition) is 3. The second-order valence-corrected chi connectivity index (χ2v) is 7.80. The Morgan fingerprint density at radius 2 is 1.65 bits per heavy atom. The molecule has 26 heavy (non-hydrogen) atoms. The van der Waals surface area contributed by atoms with Gasteiger partial charge in [0, 0.05) is 32.7 Å². The molecule has 144 valence electrons. The third-order valence-electron chi connectivity index (χ3n) is 5.35. The molecule has 1 aromatic rings. The second kappa shape index (κ2) is 9.38.